The van der Waals surface area contributed by atoms with E-state index < -0.39 is 0 Å². The predicted octanol–water partition coefficient (Wildman–Crippen LogP) is 4.48. The van der Waals surface area contributed by atoms with Crippen LogP contribution in [-0.2, 0) is 11.3 Å². The monoisotopic (exact) mass is 407 g/mol. The second kappa shape index (κ2) is 7.56. The van der Waals surface area contributed by atoms with Gasteiger partial charge in [0.05, 0.1) is 12.5 Å². The van der Waals surface area contributed by atoms with Crippen molar-refractivity contribution in [3.63, 3.8) is 0 Å². The highest BCUT2D eigenvalue weighted by Gasteiger charge is 2.55. The van der Waals surface area contributed by atoms with E-state index in [1.807, 2.05) is 29.2 Å². The summed E-state index contributed by atoms with van der Waals surface area (Å²) < 4.78 is 10.7. The van der Waals surface area contributed by atoms with Crippen molar-refractivity contribution in [1.82, 2.24) is 15.0 Å². The summed E-state index contributed by atoms with van der Waals surface area (Å²) in [5.41, 5.74) is 0.671. The molecule has 4 fully saturated rings. The number of nitrogens with zero attached hydrogens (tertiary/aromatic N) is 3. The fraction of sp³-hybridized carbons (Fsp3) is 0.542. The average molecular weight is 408 g/mol. The number of ether oxygens (including phenoxy) is 1. The molecule has 30 heavy (non-hydrogen) atoms. The molecule has 6 nitrogen and oxygen atoms in total. The zero-order chi connectivity index (χ0) is 20.7. The molecule has 0 unspecified atom stereocenters. The van der Waals surface area contributed by atoms with Crippen molar-refractivity contribution < 1.29 is 14.1 Å². The van der Waals surface area contributed by atoms with Crippen LogP contribution in [0.25, 0.3) is 11.4 Å². The Bertz CT molecular complexity index is 898. The molecule has 4 bridgehead atoms. The van der Waals surface area contributed by atoms with Gasteiger partial charge in [0, 0.05) is 12.1 Å². The number of carbonyl (C=O) groups is 1. The Kier molecular flexibility index (Phi) is 4.88. The number of carbonyl (C=O) groups excluding carboxylic acids is 1. The smallest absolute Gasteiger partial charge is 0.246 e. The fourth-order valence-electron chi connectivity index (χ4n) is 6.42. The minimum Gasteiger partial charge on any atom is -0.497 e. The van der Waals surface area contributed by atoms with Crippen LogP contribution in [0, 0.1) is 23.2 Å². The van der Waals surface area contributed by atoms with Gasteiger partial charge >= 0.3 is 0 Å². The fourth-order valence-corrected chi connectivity index (χ4v) is 6.42. The zero-order valence-electron chi connectivity index (χ0n) is 17.5. The Morgan fingerprint density at radius 1 is 1.20 bits per heavy atom. The van der Waals surface area contributed by atoms with E-state index >= 15 is 0 Å². The zero-order valence-corrected chi connectivity index (χ0v) is 17.5. The number of hydrogen-bond acceptors (Lipinski definition) is 5. The van der Waals surface area contributed by atoms with Crippen LogP contribution in [0.2, 0.25) is 0 Å². The summed E-state index contributed by atoms with van der Waals surface area (Å²) in [6.07, 6.45) is 8.90. The van der Waals surface area contributed by atoms with Crippen LogP contribution in [-0.4, -0.2) is 34.6 Å². The molecule has 6 rings (SSSR count). The maximum atomic E-state index is 13.7. The van der Waals surface area contributed by atoms with E-state index in [0.717, 1.165) is 48.3 Å². The van der Waals surface area contributed by atoms with Gasteiger partial charge in [-0.2, -0.15) is 4.98 Å². The molecule has 0 aliphatic heterocycles. The van der Waals surface area contributed by atoms with Gasteiger partial charge in [-0.25, -0.2) is 0 Å². The number of methoxy groups -OCH3 is 1. The highest BCUT2D eigenvalue weighted by molar-refractivity contribution is 5.83. The Labute approximate surface area is 177 Å². The van der Waals surface area contributed by atoms with E-state index in [1.165, 1.54) is 19.3 Å². The first-order chi connectivity index (χ1) is 14.6. The maximum absolute atomic E-state index is 13.7. The molecule has 0 radical (unpaired) electrons. The summed E-state index contributed by atoms with van der Waals surface area (Å²) >= 11 is 0. The third-order valence-electron chi connectivity index (χ3n) is 7.27. The molecule has 0 atom stereocenters. The van der Waals surface area contributed by atoms with Crippen molar-refractivity contribution in [3.8, 4) is 17.1 Å². The third-order valence-corrected chi connectivity index (χ3v) is 7.27. The number of amides is 1. The van der Waals surface area contributed by atoms with E-state index in [-0.39, 0.29) is 11.3 Å². The van der Waals surface area contributed by atoms with Crippen molar-refractivity contribution in [2.45, 2.75) is 45.1 Å². The Morgan fingerprint density at radius 2 is 1.83 bits per heavy atom. The van der Waals surface area contributed by atoms with E-state index in [1.54, 1.807) is 13.2 Å². The predicted molar refractivity (Wildman–Crippen MR) is 113 cm³/mol. The van der Waals surface area contributed by atoms with Gasteiger partial charge in [-0.1, -0.05) is 11.2 Å². The molecule has 2 aromatic rings. The molecule has 1 aromatic carbocycles. The average Bonchev–Trinajstić information content (AvgIpc) is 3.20. The van der Waals surface area contributed by atoms with Gasteiger partial charge in [0.2, 0.25) is 17.6 Å². The van der Waals surface area contributed by atoms with Crippen LogP contribution in [0.5, 0.6) is 5.75 Å². The quantitative estimate of drug-likeness (QED) is 0.633. The number of aromatic nitrogens is 2. The number of hydrogen-bond donors (Lipinski definition) is 0. The molecule has 158 valence electrons. The molecule has 1 heterocycles. The lowest BCUT2D eigenvalue weighted by molar-refractivity contribution is -0.158. The van der Waals surface area contributed by atoms with Crippen LogP contribution in [0.3, 0.4) is 0 Å². The second-order valence-corrected chi connectivity index (χ2v) is 9.41. The molecule has 4 aliphatic carbocycles. The Hall–Kier alpha value is -2.63. The summed E-state index contributed by atoms with van der Waals surface area (Å²) in [4.78, 5) is 20.1. The van der Waals surface area contributed by atoms with Crippen molar-refractivity contribution in [2.75, 3.05) is 13.7 Å². The molecule has 6 heteroatoms. The van der Waals surface area contributed by atoms with Gasteiger partial charge in [-0.05, 0) is 80.5 Å². The van der Waals surface area contributed by atoms with E-state index in [2.05, 4.69) is 16.7 Å². The van der Waals surface area contributed by atoms with Crippen LogP contribution in [0.1, 0.15) is 44.4 Å². The van der Waals surface area contributed by atoms with Crippen LogP contribution in [0.4, 0.5) is 0 Å². The summed E-state index contributed by atoms with van der Waals surface area (Å²) in [5, 5.41) is 4.12. The first kappa shape index (κ1) is 19.3. The molecule has 4 saturated carbocycles. The lowest BCUT2D eigenvalue weighted by Crippen LogP contribution is -2.54. The van der Waals surface area contributed by atoms with E-state index in [0.29, 0.717) is 24.8 Å². The molecule has 4 aliphatic rings. The first-order valence-electron chi connectivity index (χ1n) is 11.0. The molecule has 1 amide bonds. The lowest BCUT2D eigenvalue weighted by atomic mass is 9.49. The first-order valence-corrected chi connectivity index (χ1v) is 11.0. The molecule has 0 N–H and O–H groups in total. The van der Waals surface area contributed by atoms with Crippen molar-refractivity contribution in [2.24, 2.45) is 23.2 Å². The highest BCUT2D eigenvalue weighted by Crippen LogP contribution is 2.60. The molecule has 0 saturated heterocycles. The van der Waals surface area contributed by atoms with Gasteiger partial charge in [-0.3, -0.25) is 4.79 Å². The molecule has 1 aromatic heterocycles. The number of benzene rings is 1. The van der Waals surface area contributed by atoms with E-state index in [9.17, 15) is 4.79 Å². The van der Waals surface area contributed by atoms with Crippen molar-refractivity contribution in [3.05, 3.63) is 42.8 Å². The minimum atomic E-state index is -0.184. The van der Waals surface area contributed by atoms with Gasteiger partial charge in [0.25, 0.3) is 0 Å². The van der Waals surface area contributed by atoms with Crippen LogP contribution < -0.4 is 4.74 Å². The standard InChI is InChI=1S/C24H29N3O3/c1-3-8-27(23(28)24-12-16-9-17(13-24)11-18(10-16)14-24)15-21-25-22(26-30-21)19-4-6-20(29-2)7-5-19/h3-7,16-18H,1,8-15H2,2H3. The molecular weight excluding hydrogens is 378 g/mol. The SMILES string of the molecule is C=CCN(Cc1nc(-c2ccc(OC)cc2)no1)C(=O)C12CC3CC(CC(C3)C1)C2. The van der Waals surface area contributed by atoms with E-state index in [4.69, 9.17) is 9.26 Å². The Balaban J connectivity index is 1.34. The largest absolute Gasteiger partial charge is 0.497 e. The van der Waals surface area contributed by atoms with Crippen LogP contribution in [0.15, 0.2) is 41.4 Å². The third kappa shape index (κ3) is 3.42. The lowest BCUT2D eigenvalue weighted by Gasteiger charge is -2.56. The minimum absolute atomic E-state index is 0.184. The normalized spacial score (nSPS) is 29.0. The topological polar surface area (TPSA) is 68.5 Å². The highest BCUT2D eigenvalue weighted by atomic mass is 16.5. The van der Waals surface area contributed by atoms with Crippen LogP contribution >= 0.6 is 0 Å². The second-order valence-electron chi connectivity index (χ2n) is 9.41. The number of rotatable bonds is 7. The van der Waals surface area contributed by atoms with Crippen molar-refractivity contribution in [1.29, 1.82) is 0 Å². The van der Waals surface area contributed by atoms with Gasteiger partial charge in [-0.15, -0.1) is 6.58 Å². The van der Waals surface area contributed by atoms with Gasteiger partial charge in [0.15, 0.2) is 0 Å². The van der Waals surface area contributed by atoms with Gasteiger partial charge in [0.1, 0.15) is 12.3 Å². The summed E-state index contributed by atoms with van der Waals surface area (Å²) in [6, 6.07) is 7.53. The summed E-state index contributed by atoms with van der Waals surface area (Å²) in [5.74, 6) is 4.21. The van der Waals surface area contributed by atoms with Crippen molar-refractivity contribution >= 4 is 5.91 Å². The van der Waals surface area contributed by atoms with Gasteiger partial charge < -0.3 is 14.2 Å². The molecular formula is C24H29N3O3. The summed E-state index contributed by atoms with van der Waals surface area (Å²) in [6.45, 7) is 4.70. The summed E-state index contributed by atoms with van der Waals surface area (Å²) in [7, 11) is 1.64. The molecule has 0 spiro atoms. The Morgan fingerprint density at radius 3 is 2.40 bits per heavy atom. The maximum Gasteiger partial charge on any atom is 0.246 e.